The first-order chi connectivity index (χ1) is 5.69. The summed E-state index contributed by atoms with van der Waals surface area (Å²) in [5.41, 5.74) is 1.53. The van der Waals surface area contributed by atoms with E-state index in [4.69, 9.17) is 23.2 Å². The Kier molecular flexibility index (Phi) is 3.29. The molecule has 2 nitrogen and oxygen atoms in total. The second kappa shape index (κ2) is 4.06. The smallest absolute Gasteiger partial charge is 0.150 e. The van der Waals surface area contributed by atoms with E-state index in [1.54, 1.807) is 0 Å². The van der Waals surface area contributed by atoms with Gasteiger partial charge in [0, 0.05) is 0 Å². The van der Waals surface area contributed by atoms with Crippen molar-refractivity contribution in [3.63, 3.8) is 0 Å². The van der Waals surface area contributed by atoms with Gasteiger partial charge in [0.25, 0.3) is 0 Å². The van der Waals surface area contributed by atoms with Crippen LogP contribution in [0.4, 0.5) is 0 Å². The zero-order chi connectivity index (χ0) is 9.14. The molecule has 0 aliphatic rings. The molecule has 0 spiro atoms. The second-order valence-corrected chi connectivity index (χ2v) is 3.12. The van der Waals surface area contributed by atoms with Crippen molar-refractivity contribution in [1.29, 1.82) is 0 Å². The SMILES string of the molecule is CCc1nc(Cl)c(CC)nc1Cl. The van der Waals surface area contributed by atoms with Crippen LogP contribution in [0.3, 0.4) is 0 Å². The Balaban J connectivity index is 3.16. The van der Waals surface area contributed by atoms with Crippen LogP contribution in [0.2, 0.25) is 10.3 Å². The highest BCUT2D eigenvalue weighted by atomic mass is 35.5. The molecule has 4 heteroatoms. The summed E-state index contributed by atoms with van der Waals surface area (Å²) < 4.78 is 0. The number of aromatic nitrogens is 2. The topological polar surface area (TPSA) is 25.8 Å². The van der Waals surface area contributed by atoms with Crippen molar-refractivity contribution in [1.82, 2.24) is 9.97 Å². The Morgan fingerprint density at radius 1 is 0.917 bits per heavy atom. The number of rotatable bonds is 2. The first kappa shape index (κ1) is 9.75. The van der Waals surface area contributed by atoms with E-state index in [1.807, 2.05) is 13.8 Å². The van der Waals surface area contributed by atoms with Gasteiger partial charge in [-0.3, -0.25) is 0 Å². The lowest BCUT2D eigenvalue weighted by Gasteiger charge is -2.03. The fourth-order valence-corrected chi connectivity index (χ4v) is 1.46. The Bertz CT molecular complexity index is 257. The fraction of sp³-hybridized carbons (Fsp3) is 0.500. The van der Waals surface area contributed by atoms with Crippen LogP contribution in [-0.4, -0.2) is 9.97 Å². The van der Waals surface area contributed by atoms with Gasteiger partial charge in [0.05, 0.1) is 11.4 Å². The van der Waals surface area contributed by atoms with E-state index < -0.39 is 0 Å². The van der Waals surface area contributed by atoms with Crippen LogP contribution in [0.1, 0.15) is 25.2 Å². The molecule has 0 atom stereocenters. The van der Waals surface area contributed by atoms with Gasteiger partial charge in [0.1, 0.15) is 0 Å². The third-order valence-corrected chi connectivity index (χ3v) is 2.22. The summed E-state index contributed by atoms with van der Waals surface area (Å²) in [7, 11) is 0. The minimum absolute atomic E-state index is 0.471. The average molecular weight is 205 g/mol. The number of hydrogen-bond donors (Lipinski definition) is 0. The molecule has 0 N–H and O–H groups in total. The highest BCUT2D eigenvalue weighted by molar-refractivity contribution is 6.32. The van der Waals surface area contributed by atoms with Crippen molar-refractivity contribution in [2.24, 2.45) is 0 Å². The van der Waals surface area contributed by atoms with Crippen LogP contribution in [0.15, 0.2) is 0 Å². The predicted molar refractivity (Wildman–Crippen MR) is 50.8 cm³/mol. The zero-order valence-electron chi connectivity index (χ0n) is 7.06. The summed E-state index contributed by atoms with van der Waals surface area (Å²) in [5, 5.41) is 0.942. The summed E-state index contributed by atoms with van der Waals surface area (Å²) in [6.07, 6.45) is 1.52. The Hall–Kier alpha value is -0.340. The van der Waals surface area contributed by atoms with Gasteiger partial charge >= 0.3 is 0 Å². The number of aryl methyl sites for hydroxylation is 2. The van der Waals surface area contributed by atoms with Gasteiger partial charge in [-0.1, -0.05) is 37.0 Å². The van der Waals surface area contributed by atoms with E-state index in [0.717, 1.165) is 24.2 Å². The largest absolute Gasteiger partial charge is 0.236 e. The maximum atomic E-state index is 5.85. The van der Waals surface area contributed by atoms with Crippen molar-refractivity contribution in [3.05, 3.63) is 21.7 Å². The molecule has 1 aromatic heterocycles. The summed E-state index contributed by atoms with van der Waals surface area (Å²) in [4.78, 5) is 8.27. The first-order valence-corrected chi connectivity index (χ1v) is 4.65. The second-order valence-electron chi connectivity index (χ2n) is 2.41. The van der Waals surface area contributed by atoms with Crippen LogP contribution in [0.5, 0.6) is 0 Å². The van der Waals surface area contributed by atoms with Crippen molar-refractivity contribution in [2.45, 2.75) is 26.7 Å². The summed E-state index contributed by atoms with van der Waals surface area (Å²) in [5.74, 6) is 0. The van der Waals surface area contributed by atoms with Crippen LogP contribution >= 0.6 is 23.2 Å². The van der Waals surface area contributed by atoms with Crippen LogP contribution in [-0.2, 0) is 12.8 Å². The lowest BCUT2D eigenvalue weighted by atomic mass is 10.3. The van der Waals surface area contributed by atoms with Gasteiger partial charge in [-0.25, -0.2) is 9.97 Å². The molecule has 0 aromatic carbocycles. The molecule has 0 unspecified atom stereocenters. The van der Waals surface area contributed by atoms with Gasteiger partial charge in [-0.2, -0.15) is 0 Å². The quantitative estimate of drug-likeness (QED) is 0.741. The molecule has 0 saturated heterocycles. The summed E-state index contributed by atoms with van der Waals surface area (Å²) >= 11 is 11.7. The highest BCUT2D eigenvalue weighted by Gasteiger charge is 2.07. The van der Waals surface area contributed by atoms with Gasteiger partial charge in [-0.15, -0.1) is 0 Å². The first-order valence-electron chi connectivity index (χ1n) is 3.89. The molecule has 0 saturated carbocycles. The number of hydrogen-bond acceptors (Lipinski definition) is 2. The van der Waals surface area contributed by atoms with Gasteiger partial charge in [-0.05, 0) is 12.8 Å². The van der Waals surface area contributed by atoms with Crippen LogP contribution < -0.4 is 0 Å². The normalized spacial score (nSPS) is 10.3. The van der Waals surface area contributed by atoms with Crippen molar-refractivity contribution in [3.8, 4) is 0 Å². The maximum absolute atomic E-state index is 5.85. The summed E-state index contributed by atoms with van der Waals surface area (Å²) in [6.45, 7) is 3.94. The van der Waals surface area contributed by atoms with Crippen molar-refractivity contribution in [2.75, 3.05) is 0 Å². The minimum atomic E-state index is 0.471. The molecule has 0 bridgehead atoms. The maximum Gasteiger partial charge on any atom is 0.150 e. The Morgan fingerprint density at radius 3 is 1.50 bits per heavy atom. The molecule has 0 radical (unpaired) electrons. The van der Waals surface area contributed by atoms with Crippen LogP contribution in [0.25, 0.3) is 0 Å². The van der Waals surface area contributed by atoms with E-state index in [2.05, 4.69) is 9.97 Å². The highest BCUT2D eigenvalue weighted by Crippen LogP contribution is 2.18. The number of nitrogens with zero attached hydrogens (tertiary/aromatic N) is 2. The van der Waals surface area contributed by atoms with E-state index >= 15 is 0 Å². The van der Waals surface area contributed by atoms with E-state index in [9.17, 15) is 0 Å². The Morgan fingerprint density at radius 2 is 1.25 bits per heavy atom. The van der Waals surface area contributed by atoms with E-state index in [-0.39, 0.29) is 0 Å². The third-order valence-electron chi connectivity index (χ3n) is 1.61. The minimum Gasteiger partial charge on any atom is -0.236 e. The molecule has 1 aromatic rings. The van der Waals surface area contributed by atoms with Gasteiger partial charge in [0.15, 0.2) is 10.3 Å². The molecule has 0 amide bonds. The molecule has 0 aliphatic heterocycles. The van der Waals surface area contributed by atoms with Gasteiger partial charge < -0.3 is 0 Å². The van der Waals surface area contributed by atoms with E-state index in [1.165, 1.54) is 0 Å². The zero-order valence-corrected chi connectivity index (χ0v) is 8.58. The third kappa shape index (κ3) is 1.87. The monoisotopic (exact) mass is 204 g/mol. The predicted octanol–water partition coefficient (Wildman–Crippen LogP) is 2.91. The average Bonchev–Trinajstić information content (AvgIpc) is 2.08. The summed E-state index contributed by atoms with van der Waals surface area (Å²) in [6, 6.07) is 0. The molecular weight excluding hydrogens is 195 g/mol. The molecule has 1 heterocycles. The van der Waals surface area contributed by atoms with Crippen molar-refractivity contribution >= 4 is 23.2 Å². The lowest BCUT2D eigenvalue weighted by molar-refractivity contribution is 0.937. The standard InChI is InChI=1S/C8H10Cl2N2/c1-3-5-7(9)12-6(4-2)8(10)11-5/h3-4H2,1-2H3. The Labute approximate surface area is 81.9 Å². The molecule has 66 valence electrons. The molecule has 1 rings (SSSR count). The molecule has 12 heavy (non-hydrogen) atoms. The lowest BCUT2D eigenvalue weighted by Crippen LogP contribution is -1.98. The molecular formula is C8H10Cl2N2. The number of halogens is 2. The van der Waals surface area contributed by atoms with Gasteiger partial charge in [0.2, 0.25) is 0 Å². The fourth-order valence-electron chi connectivity index (χ4n) is 0.908. The van der Waals surface area contributed by atoms with E-state index in [0.29, 0.717) is 10.3 Å². The molecule has 0 fully saturated rings. The molecule has 0 aliphatic carbocycles. The van der Waals surface area contributed by atoms with Crippen LogP contribution in [0, 0.1) is 0 Å². The van der Waals surface area contributed by atoms with Crippen molar-refractivity contribution < 1.29 is 0 Å².